The molecule has 0 spiro atoms. The molecule has 1 aliphatic rings. The minimum atomic E-state index is -0.101. The van der Waals surface area contributed by atoms with Gasteiger partial charge in [0.2, 0.25) is 5.95 Å². The number of hydrogen-bond donors (Lipinski definition) is 2. The van der Waals surface area contributed by atoms with Gasteiger partial charge in [-0.3, -0.25) is 14.7 Å². The van der Waals surface area contributed by atoms with Crippen LogP contribution in [0.3, 0.4) is 0 Å². The van der Waals surface area contributed by atoms with Crippen molar-refractivity contribution in [2.75, 3.05) is 26.1 Å². The summed E-state index contributed by atoms with van der Waals surface area (Å²) >= 11 is 0. The average Bonchev–Trinajstić information content (AvgIpc) is 2.75. The number of fused-ring (bicyclic) bond motifs is 1. The number of benzene rings is 2. The molecule has 0 amide bonds. The topological polar surface area (TPSA) is 79.5 Å². The highest BCUT2D eigenvalue weighted by Crippen LogP contribution is 2.30. The van der Waals surface area contributed by atoms with Crippen LogP contribution in [-0.2, 0) is 19.5 Å². The molecule has 0 aliphatic carbocycles. The molecule has 4 rings (SSSR count). The van der Waals surface area contributed by atoms with Gasteiger partial charge in [-0.15, -0.1) is 0 Å². The van der Waals surface area contributed by atoms with Crippen molar-refractivity contribution < 1.29 is 9.47 Å². The Morgan fingerprint density at radius 3 is 2.66 bits per heavy atom. The molecule has 29 heavy (non-hydrogen) atoms. The lowest BCUT2D eigenvalue weighted by atomic mass is 10.1. The van der Waals surface area contributed by atoms with Gasteiger partial charge in [-0.2, -0.15) is 0 Å². The molecule has 3 aromatic rings. The molecule has 1 aliphatic heterocycles. The zero-order valence-corrected chi connectivity index (χ0v) is 16.6. The van der Waals surface area contributed by atoms with Crippen molar-refractivity contribution in [3.63, 3.8) is 0 Å². The van der Waals surface area contributed by atoms with Gasteiger partial charge in [0.15, 0.2) is 11.5 Å². The number of hydrogen-bond acceptors (Lipinski definition) is 6. The van der Waals surface area contributed by atoms with E-state index >= 15 is 0 Å². The zero-order chi connectivity index (χ0) is 20.2. The lowest BCUT2D eigenvalue weighted by molar-refractivity contribution is 0.242. The Morgan fingerprint density at radius 1 is 1.10 bits per heavy atom. The van der Waals surface area contributed by atoms with E-state index in [1.54, 1.807) is 26.4 Å². The van der Waals surface area contributed by atoms with Gasteiger partial charge in [0.1, 0.15) is 0 Å². The molecule has 0 unspecified atom stereocenters. The maximum Gasteiger partial charge on any atom is 0.257 e. The van der Waals surface area contributed by atoms with Crippen LogP contribution in [0, 0.1) is 0 Å². The third-order valence-corrected chi connectivity index (χ3v) is 5.04. The maximum absolute atomic E-state index is 12.7. The fraction of sp³-hybridized carbons (Fsp3) is 0.273. The van der Waals surface area contributed by atoms with Gasteiger partial charge in [-0.05, 0) is 17.7 Å². The molecule has 2 heterocycles. The van der Waals surface area contributed by atoms with Crippen LogP contribution in [-0.4, -0.2) is 35.6 Å². The van der Waals surface area contributed by atoms with E-state index in [0.29, 0.717) is 24.0 Å². The smallest absolute Gasteiger partial charge is 0.257 e. The standard InChI is InChI=1S/C22H24N4O3/c1-28-19-9-8-16(12-20(19)29-2)23-22-24-18-10-11-26(14-17(18)21(27)25-22)13-15-6-4-3-5-7-15/h3-9,12H,10-11,13-14H2,1-2H3,(H2,23,24,25,27). The van der Waals surface area contributed by atoms with E-state index in [4.69, 9.17) is 9.47 Å². The van der Waals surface area contributed by atoms with E-state index in [2.05, 4.69) is 32.3 Å². The Labute approximate surface area is 169 Å². The van der Waals surface area contributed by atoms with Gasteiger partial charge in [0, 0.05) is 37.8 Å². The SMILES string of the molecule is COc1ccc(Nc2nc3c(c(=O)[nH]2)CN(Cc2ccccc2)CC3)cc1OC. The number of aromatic amines is 1. The molecule has 0 atom stereocenters. The Kier molecular flexibility index (Phi) is 5.48. The lowest BCUT2D eigenvalue weighted by Crippen LogP contribution is -2.35. The first-order valence-corrected chi connectivity index (χ1v) is 9.53. The van der Waals surface area contributed by atoms with Crippen LogP contribution < -0.4 is 20.3 Å². The first-order chi connectivity index (χ1) is 14.2. The van der Waals surface area contributed by atoms with Crippen molar-refractivity contribution in [1.29, 1.82) is 0 Å². The number of H-pyrrole nitrogens is 1. The van der Waals surface area contributed by atoms with Gasteiger partial charge in [-0.1, -0.05) is 30.3 Å². The number of methoxy groups -OCH3 is 2. The second-order valence-electron chi connectivity index (χ2n) is 6.98. The maximum atomic E-state index is 12.7. The Bertz CT molecular complexity index is 1050. The highest BCUT2D eigenvalue weighted by atomic mass is 16.5. The summed E-state index contributed by atoms with van der Waals surface area (Å²) in [7, 11) is 3.18. The highest BCUT2D eigenvalue weighted by Gasteiger charge is 2.21. The van der Waals surface area contributed by atoms with Crippen molar-refractivity contribution >= 4 is 11.6 Å². The Morgan fingerprint density at radius 2 is 1.90 bits per heavy atom. The largest absolute Gasteiger partial charge is 0.493 e. The fourth-order valence-electron chi connectivity index (χ4n) is 3.57. The van der Waals surface area contributed by atoms with Crippen molar-refractivity contribution in [3.05, 3.63) is 75.7 Å². The van der Waals surface area contributed by atoms with Crippen LogP contribution in [0.2, 0.25) is 0 Å². The fourth-order valence-corrected chi connectivity index (χ4v) is 3.57. The van der Waals surface area contributed by atoms with E-state index in [-0.39, 0.29) is 5.56 Å². The lowest BCUT2D eigenvalue weighted by Gasteiger charge is -2.27. The van der Waals surface area contributed by atoms with Crippen LogP contribution in [0.1, 0.15) is 16.8 Å². The normalized spacial score (nSPS) is 13.6. The molecule has 0 bridgehead atoms. The summed E-state index contributed by atoms with van der Waals surface area (Å²) in [5, 5.41) is 3.16. The van der Waals surface area contributed by atoms with E-state index in [1.807, 2.05) is 24.3 Å². The molecule has 7 nitrogen and oxygen atoms in total. The van der Waals surface area contributed by atoms with E-state index in [1.165, 1.54) is 5.56 Å². The van der Waals surface area contributed by atoms with Crippen LogP contribution >= 0.6 is 0 Å². The Hall–Kier alpha value is -3.32. The molecule has 1 aromatic heterocycles. The highest BCUT2D eigenvalue weighted by molar-refractivity contribution is 5.59. The number of nitrogens with zero attached hydrogens (tertiary/aromatic N) is 2. The van der Waals surface area contributed by atoms with Crippen LogP contribution in [0.4, 0.5) is 11.6 Å². The number of ether oxygens (including phenoxy) is 2. The van der Waals surface area contributed by atoms with Gasteiger partial charge in [0.05, 0.1) is 25.5 Å². The van der Waals surface area contributed by atoms with Crippen molar-refractivity contribution in [3.8, 4) is 11.5 Å². The summed E-state index contributed by atoms with van der Waals surface area (Å²) in [5.41, 5.74) is 3.49. The van der Waals surface area contributed by atoms with E-state index in [0.717, 1.165) is 36.5 Å². The van der Waals surface area contributed by atoms with Crippen LogP contribution in [0.25, 0.3) is 0 Å². The first-order valence-electron chi connectivity index (χ1n) is 9.53. The molecule has 0 radical (unpaired) electrons. The third-order valence-electron chi connectivity index (χ3n) is 5.04. The Balaban J connectivity index is 1.51. The quantitative estimate of drug-likeness (QED) is 0.671. The number of aromatic nitrogens is 2. The van der Waals surface area contributed by atoms with Crippen LogP contribution in [0.5, 0.6) is 11.5 Å². The van der Waals surface area contributed by atoms with E-state index in [9.17, 15) is 4.79 Å². The molecular weight excluding hydrogens is 368 g/mol. The van der Waals surface area contributed by atoms with Gasteiger partial charge < -0.3 is 14.8 Å². The number of rotatable bonds is 6. The van der Waals surface area contributed by atoms with Gasteiger partial charge in [-0.25, -0.2) is 4.98 Å². The number of nitrogens with one attached hydrogen (secondary N) is 2. The van der Waals surface area contributed by atoms with Crippen molar-refractivity contribution in [2.45, 2.75) is 19.5 Å². The molecule has 2 aromatic carbocycles. The molecule has 0 fully saturated rings. The summed E-state index contributed by atoms with van der Waals surface area (Å²) in [6, 6.07) is 15.8. The predicted octanol–water partition coefficient (Wildman–Crippen LogP) is 3.09. The van der Waals surface area contributed by atoms with E-state index < -0.39 is 0 Å². The minimum absolute atomic E-state index is 0.101. The second kappa shape index (κ2) is 8.36. The zero-order valence-electron chi connectivity index (χ0n) is 16.6. The van der Waals surface area contributed by atoms with Crippen molar-refractivity contribution in [1.82, 2.24) is 14.9 Å². The summed E-state index contributed by atoms with van der Waals surface area (Å²) in [4.78, 5) is 22.5. The third kappa shape index (κ3) is 4.25. The molecule has 2 N–H and O–H groups in total. The molecule has 7 heteroatoms. The predicted molar refractivity (Wildman–Crippen MR) is 112 cm³/mol. The van der Waals surface area contributed by atoms with Gasteiger partial charge >= 0.3 is 0 Å². The molecule has 150 valence electrons. The molecule has 0 saturated heterocycles. The summed E-state index contributed by atoms with van der Waals surface area (Å²) < 4.78 is 10.6. The molecular formula is C22H24N4O3. The summed E-state index contributed by atoms with van der Waals surface area (Å²) in [6.07, 6.45) is 0.743. The van der Waals surface area contributed by atoms with Crippen LogP contribution in [0.15, 0.2) is 53.3 Å². The molecule has 0 saturated carbocycles. The monoisotopic (exact) mass is 392 g/mol. The van der Waals surface area contributed by atoms with Gasteiger partial charge in [0.25, 0.3) is 5.56 Å². The summed E-state index contributed by atoms with van der Waals surface area (Å²) in [6.45, 7) is 2.29. The second-order valence-corrected chi connectivity index (χ2v) is 6.98. The summed E-state index contributed by atoms with van der Waals surface area (Å²) in [5.74, 6) is 1.68. The number of anilines is 2. The minimum Gasteiger partial charge on any atom is -0.493 e. The average molecular weight is 392 g/mol. The van der Waals surface area contributed by atoms with Crippen molar-refractivity contribution in [2.24, 2.45) is 0 Å². The first kappa shape index (κ1) is 19.0.